The van der Waals surface area contributed by atoms with Crippen LogP contribution in [0.3, 0.4) is 0 Å². The van der Waals surface area contributed by atoms with Crippen LogP contribution in [0.2, 0.25) is 19.6 Å². The van der Waals surface area contributed by atoms with E-state index < -0.39 is 8.07 Å². The van der Waals surface area contributed by atoms with Gasteiger partial charge in [-0.1, -0.05) is 31.6 Å². The van der Waals surface area contributed by atoms with E-state index in [1.165, 1.54) is 0 Å². The van der Waals surface area contributed by atoms with Crippen LogP contribution in [0.5, 0.6) is 0 Å². The quantitative estimate of drug-likeness (QED) is 0.381. The smallest absolute Gasteiger partial charge is 0.178 e. The van der Waals surface area contributed by atoms with Crippen LogP contribution in [0, 0.1) is 11.5 Å². The molecule has 0 aliphatic carbocycles. The predicted octanol–water partition coefficient (Wildman–Crippen LogP) is 1.80. The monoisotopic (exact) mass is 196 g/mol. The standard InChI is InChI=1S/C10H16O2Si/c1-13(2,3)9-5-8-12-10-6-4-7-11-10/h4,6,10H,7-8H2,1-3H3/t10-/m1/s1. The third-order valence-corrected chi connectivity index (χ3v) is 2.36. The maximum Gasteiger partial charge on any atom is 0.178 e. The van der Waals surface area contributed by atoms with E-state index in [9.17, 15) is 0 Å². The molecule has 1 rings (SSSR count). The van der Waals surface area contributed by atoms with Gasteiger partial charge in [-0.05, 0) is 6.08 Å². The zero-order chi connectivity index (χ0) is 9.73. The molecule has 0 fully saturated rings. The van der Waals surface area contributed by atoms with Crippen molar-refractivity contribution in [2.75, 3.05) is 13.2 Å². The first-order valence-electron chi connectivity index (χ1n) is 4.48. The molecule has 3 heteroatoms. The lowest BCUT2D eigenvalue weighted by Crippen LogP contribution is -2.17. The highest BCUT2D eigenvalue weighted by atomic mass is 28.3. The maximum atomic E-state index is 5.34. The van der Waals surface area contributed by atoms with Crippen LogP contribution in [0.15, 0.2) is 12.2 Å². The summed E-state index contributed by atoms with van der Waals surface area (Å²) in [5.41, 5.74) is 3.23. The van der Waals surface area contributed by atoms with Gasteiger partial charge in [0, 0.05) is 0 Å². The molecule has 1 heterocycles. The molecule has 1 atom stereocenters. The van der Waals surface area contributed by atoms with Gasteiger partial charge >= 0.3 is 0 Å². The van der Waals surface area contributed by atoms with E-state index >= 15 is 0 Å². The lowest BCUT2D eigenvalue weighted by atomic mass is 10.5. The van der Waals surface area contributed by atoms with Crippen molar-refractivity contribution < 1.29 is 9.47 Å². The molecule has 1 aliphatic rings. The van der Waals surface area contributed by atoms with Gasteiger partial charge in [0.05, 0.1) is 6.61 Å². The Balaban J connectivity index is 2.19. The summed E-state index contributed by atoms with van der Waals surface area (Å²) in [7, 11) is -1.23. The highest BCUT2D eigenvalue weighted by Gasteiger charge is 2.09. The van der Waals surface area contributed by atoms with E-state index in [0.717, 1.165) is 0 Å². The molecule has 0 aromatic rings. The summed E-state index contributed by atoms with van der Waals surface area (Å²) in [4.78, 5) is 0. The second kappa shape index (κ2) is 4.61. The van der Waals surface area contributed by atoms with Crippen molar-refractivity contribution >= 4 is 8.07 Å². The molecular weight excluding hydrogens is 180 g/mol. The molecule has 0 N–H and O–H groups in total. The van der Waals surface area contributed by atoms with E-state index in [4.69, 9.17) is 9.47 Å². The minimum atomic E-state index is -1.23. The van der Waals surface area contributed by atoms with Crippen molar-refractivity contribution in [3.63, 3.8) is 0 Å². The first kappa shape index (κ1) is 10.5. The second-order valence-electron chi connectivity index (χ2n) is 3.99. The fraction of sp³-hybridized carbons (Fsp3) is 0.600. The van der Waals surface area contributed by atoms with Crippen LogP contribution in [0.25, 0.3) is 0 Å². The number of rotatable bonds is 2. The van der Waals surface area contributed by atoms with Gasteiger partial charge < -0.3 is 9.47 Å². The molecule has 0 spiro atoms. The third kappa shape index (κ3) is 4.89. The minimum Gasteiger partial charge on any atom is -0.345 e. The molecule has 0 amide bonds. The lowest BCUT2D eigenvalue weighted by molar-refractivity contribution is -0.0802. The van der Waals surface area contributed by atoms with Crippen molar-refractivity contribution in [2.24, 2.45) is 0 Å². The molecule has 1 aliphatic heterocycles. The van der Waals surface area contributed by atoms with Crippen LogP contribution in [0.1, 0.15) is 0 Å². The molecule has 0 unspecified atom stereocenters. The Labute approximate surface area is 80.9 Å². The van der Waals surface area contributed by atoms with Crippen molar-refractivity contribution in [3.05, 3.63) is 12.2 Å². The van der Waals surface area contributed by atoms with E-state index in [0.29, 0.717) is 13.2 Å². The van der Waals surface area contributed by atoms with Crippen molar-refractivity contribution in [1.82, 2.24) is 0 Å². The zero-order valence-corrected chi connectivity index (χ0v) is 9.46. The largest absolute Gasteiger partial charge is 0.345 e. The Kier molecular flexibility index (Phi) is 3.73. The van der Waals surface area contributed by atoms with Crippen molar-refractivity contribution in [3.8, 4) is 11.5 Å². The number of ether oxygens (including phenoxy) is 2. The van der Waals surface area contributed by atoms with Crippen LogP contribution in [-0.2, 0) is 9.47 Å². The summed E-state index contributed by atoms with van der Waals surface area (Å²) < 4.78 is 10.5. The normalized spacial score (nSPS) is 21.3. The predicted molar refractivity (Wildman–Crippen MR) is 56.0 cm³/mol. The molecule has 0 aromatic heterocycles. The molecular formula is C10H16O2Si. The van der Waals surface area contributed by atoms with Gasteiger partial charge in [-0.2, -0.15) is 0 Å². The van der Waals surface area contributed by atoms with Crippen LogP contribution in [-0.4, -0.2) is 27.6 Å². The molecule has 2 nitrogen and oxygen atoms in total. The Morgan fingerprint density at radius 1 is 1.54 bits per heavy atom. The highest BCUT2D eigenvalue weighted by molar-refractivity contribution is 6.83. The summed E-state index contributed by atoms with van der Waals surface area (Å²) in [5.74, 6) is 3.03. The van der Waals surface area contributed by atoms with E-state index in [1.54, 1.807) is 0 Å². The van der Waals surface area contributed by atoms with Gasteiger partial charge in [-0.15, -0.1) is 5.54 Å². The summed E-state index contributed by atoms with van der Waals surface area (Å²) in [6.45, 7) is 7.77. The van der Waals surface area contributed by atoms with Gasteiger partial charge in [0.15, 0.2) is 6.29 Å². The third-order valence-electron chi connectivity index (χ3n) is 1.43. The van der Waals surface area contributed by atoms with Gasteiger partial charge in [0.1, 0.15) is 14.7 Å². The Bertz CT molecular complexity index is 242. The summed E-state index contributed by atoms with van der Waals surface area (Å²) >= 11 is 0. The van der Waals surface area contributed by atoms with E-state index in [1.807, 2.05) is 12.2 Å². The summed E-state index contributed by atoms with van der Waals surface area (Å²) in [5, 5.41) is 0. The Hall–Kier alpha value is -0.563. The molecule has 0 saturated carbocycles. The molecule has 13 heavy (non-hydrogen) atoms. The molecule has 72 valence electrons. The SMILES string of the molecule is C[Si](C)(C)C#CCO[C@@H]1C=CCO1. The minimum absolute atomic E-state index is 0.170. The highest BCUT2D eigenvalue weighted by Crippen LogP contribution is 2.03. The molecule has 0 aromatic carbocycles. The van der Waals surface area contributed by atoms with E-state index in [-0.39, 0.29) is 6.29 Å². The van der Waals surface area contributed by atoms with Crippen LogP contribution >= 0.6 is 0 Å². The van der Waals surface area contributed by atoms with Gasteiger partial charge in [0.2, 0.25) is 0 Å². The second-order valence-corrected chi connectivity index (χ2v) is 8.74. The van der Waals surface area contributed by atoms with Crippen LogP contribution < -0.4 is 0 Å². The molecule has 0 saturated heterocycles. The Morgan fingerprint density at radius 2 is 2.31 bits per heavy atom. The first-order valence-corrected chi connectivity index (χ1v) is 7.98. The lowest BCUT2D eigenvalue weighted by Gasteiger charge is -2.07. The number of hydrogen-bond acceptors (Lipinski definition) is 2. The van der Waals surface area contributed by atoms with Crippen LogP contribution in [0.4, 0.5) is 0 Å². The zero-order valence-electron chi connectivity index (χ0n) is 8.46. The maximum absolute atomic E-state index is 5.34. The van der Waals surface area contributed by atoms with E-state index in [2.05, 4.69) is 31.1 Å². The Morgan fingerprint density at radius 3 is 2.85 bits per heavy atom. The van der Waals surface area contributed by atoms with Crippen molar-refractivity contribution in [1.29, 1.82) is 0 Å². The topological polar surface area (TPSA) is 18.5 Å². The average Bonchev–Trinajstić information content (AvgIpc) is 2.48. The van der Waals surface area contributed by atoms with Gasteiger partial charge in [-0.3, -0.25) is 0 Å². The molecule has 0 bridgehead atoms. The average molecular weight is 196 g/mol. The van der Waals surface area contributed by atoms with Gasteiger partial charge in [-0.25, -0.2) is 0 Å². The molecule has 0 radical (unpaired) electrons. The summed E-state index contributed by atoms with van der Waals surface area (Å²) in [6.07, 6.45) is 3.70. The first-order chi connectivity index (χ1) is 6.08. The number of hydrogen-bond donors (Lipinski definition) is 0. The van der Waals surface area contributed by atoms with Crippen molar-refractivity contribution in [2.45, 2.75) is 25.9 Å². The van der Waals surface area contributed by atoms with Gasteiger partial charge in [0.25, 0.3) is 0 Å². The summed E-state index contributed by atoms with van der Waals surface area (Å²) in [6, 6.07) is 0. The fourth-order valence-electron chi connectivity index (χ4n) is 0.901. The fourth-order valence-corrected chi connectivity index (χ4v) is 1.50.